The minimum Gasteiger partial charge on any atom is -0.336 e. The third-order valence-corrected chi connectivity index (χ3v) is 6.50. The number of sulfonamides is 1. The standard InChI is InChI=1S/C18H17F3N2O3S/c1-12-2-4-14(19)11-17(12)27(25,26)23-8-6-22(7-9-23)18(24)13-3-5-15(20)16(21)10-13/h2-5,10-11H,6-9H2,1H3. The molecule has 1 fully saturated rings. The highest BCUT2D eigenvalue weighted by Gasteiger charge is 2.31. The van der Waals surface area contributed by atoms with Gasteiger partial charge in [-0.25, -0.2) is 21.6 Å². The van der Waals surface area contributed by atoms with Gasteiger partial charge < -0.3 is 4.90 Å². The highest BCUT2D eigenvalue weighted by molar-refractivity contribution is 7.89. The predicted octanol–water partition coefficient (Wildman–Crippen LogP) is 2.56. The smallest absolute Gasteiger partial charge is 0.254 e. The highest BCUT2D eigenvalue weighted by Crippen LogP contribution is 2.23. The van der Waals surface area contributed by atoms with Crippen molar-refractivity contribution in [1.29, 1.82) is 0 Å². The number of halogens is 3. The summed E-state index contributed by atoms with van der Waals surface area (Å²) in [6.45, 7) is 1.80. The Balaban J connectivity index is 1.73. The van der Waals surface area contributed by atoms with E-state index in [1.54, 1.807) is 6.92 Å². The van der Waals surface area contributed by atoms with Crippen molar-refractivity contribution in [2.24, 2.45) is 0 Å². The second-order valence-electron chi connectivity index (χ2n) is 6.23. The Kier molecular flexibility index (Phi) is 5.25. The van der Waals surface area contributed by atoms with E-state index in [4.69, 9.17) is 0 Å². The van der Waals surface area contributed by atoms with E-state index in [2.05, 4.69) is 0 Å². The van der Waals surface area contributed by atoms with Crippen LogP contribution in [0.2, 0.25) is 0 Å². The van der Waals surface area contributed by atoms with Crippen LogP contribution in [0, 0.1) is 24.4 Å². The summed E-state index contributed by atoms with van der Waals surface area (Å²) in [5.41, 5.74) is 0.419. The SMILES string of the molecule is Cc1ccc(F)cc1S(=O)(=O)N1CCN(C(=O)c2ccc(F)c(F)c2)CC1. The molecule has 0 unspecified atom stereocenters. The van der Waals surface area contributed by atoms with Gasteiger partial charge in [0.25, 0.3) is 5.91 Å². The van der Waals surface area contributed by atoms with Crippen LogP contribution in [0.4, 0.5) is 13.2 Å². The maximum Gasteiger partial charge on any atom is 0.254 e. The van der Waals surface area contributed by atoms with Crippen LogP contribution < -0.4 is 0 Å². The summed E-state index contributed by atoms with van der Waals surface area (Å²) in [6, 6.07) is 6.42. The number of hydrogen-bond donors (Lipinski definition) is 0. The van der Waals surface area contributed by atoms with Crippen LogP contribution in [-0.2, 0) is 10.0 Å². The molecule has 1 aliphatic heterocycles. The van der Waals surface area contributed by atoms with Gasteiger partial charge in [0.05, 0.1) is 4.90 Å². The van der Waals surface area contributed by atoms with Gasteiger partial charge in [0.2, 0.25) is 10.0 Å². The van der Waals surface area contributed by atoms with Crippen LogP contribution in [0.15, 0.2) is 41.3 Å². The van der Waals surface area contributed by atoms with Crippen LogP contribution in [0.25, 0.3) is 0 Å². The van der Waals surface area contributed by atoms with Crippen molar-refractivity contribution in [3.63, 3.8) is 0 Å². The molecule has 144 valence electrons. The summed E-state index contributed by atoms with van der Waals surface area (Å²) in [5, 5.41) is 0. The number of hydrogen-bond acceptors (Lipinski definition) is 3. The van der Waals surface area contributed by atoms with Gasteiger partial charge in [0, 0.05) is 31.7 Å². The number of carbonyl (C=O) groups excluding carboxylic acids is 1. The van der Waals surface area contributed by atoms with E-state index in [1.165, 1.54) is 27.4 Å². The minimum atomic E-state index is -3.90. The Morgan fingerprint density at radius 1 is 0.926 bits per heavy atom. The van der Waals surface area contributed by atoms with E-state index in [0.717, 1.165) is 18.2 Å². The molecular formula is C18H17F3N2O3S. The van der Waals surface area contributed by atoms with Crippen LogP contribution in [0.5, 0.6) is 0 Å². The number of aryl methyl sites for hydroxylation is 1. The number of rotatable bonds is 3. The van der Waals surface area contributed by atoms with E-state index < -0.39 is 33.4 Å². The zero-order chi connectivity index (χ0) is 19.8. The van der Waals surface area contributed by atoms with E-state index in [-0.39, 0.29) is 36.6 Å². The fraction of sp³-hybridized carbons (Fsp3) is 0.278. The Hall–Kier alpha value is -2.39. The Labute approximate surface area is 155 Å². The van der Waals surface area contributed by atoms with Crippen molar-refractivity contribution in [2.75, 3.05) is 26.2 Å². The normalized spacial score (nSPS) is 15.8. The maximum absolute atomic E-state index is 13.5. The summed E-state index contributed by atoms with van der Waals surface area (Å²) in [6.07, 6.45) is 0. The number of piperazine rings is 1. The van der Waals surface area contributed by atoms with Crippen molar-refractivity contribution in [3.8, 4) is 0 Å². The molecule has 5 nitrogen and oxygen atoms in total. The topological polar surface area (TPSA) is 57.7 Å². The third kappa shape index (κ3) is 3.84. The monoisotopic (exact) mass is 398 g/mol. The lowest BCUT2D eigenvalue weighted by Gasteiger charge is -2.34. The Bertz CT molecular complexity index is 987. The zero-order valence-corrected chi connectivity index (χ0v) is 15.3. The van der Waals surface area contributed by atoms with Gasteiger partial charge in [-0.1, -0.05) is 6.07 Å². The van der Waals surface area contributed by atoms with E-state index in [1.807, 2.05) is 0 Å². The Morgan fingerprint density at radius 3 is 2.22 bits per heavy atom. The second kappa shape index (κ2) is 7.32. The summed E-state index contributed by atoms with van der Waals surface area (Å²) in [4.78, 5) is 13.7. The van der Waals surface area contributed by atoms with Crippen molar-refractivity contribution in [1.82, 2.24) is 9.21 Å². The molecular weight excluding hydrogens is 381 g/mol. The van der Waals surface area contributed by atoms with E-state index in [0.29, 0.717) is 5.56 Å². The quantitative estimate of drug-likeness (QED) is 0.799. The van der Waals surface area contributed by atoms with Crippen molar-refractivity contribution in [2.45, 2.75) is 11.8 Å². The molecule has 0 bridgehead atoms. The molecule has 0 saturated carbocycles. The van der Waals surface area contributed by atoms with Gasteiger partial charge in [-0.2, -0.15) is 4.31 Å². The molecule has 3 rings (SSSR count). The van der Waals surface area contributed by atoms with Gasteiger partial charge in [0.15, 0.2) is 11.6 Å². The lowest BCUT2D eigenvalue weighted by molar-refractivity contribution is 0.0697. The molecule has 0 aliphatic carbocycles. The van der Waals surface area contributed by atoms with Gasteiger partial charge >= 0.3 is 0 Å². The molecule has 2 aromatic carbocycles. The fourth-order valence-corrected chi connectivity index (χ4v) is 4.59. The molecule has 1 amide bonds. The number of carbonyl (C=O) groups is 1. The molecule has 1 saturated heterocycles. The van der Waals surface area contributed by atoms with Gasteiger partial charge in [0.1, 0.15) is 5.82 Å². The molecule has 1 aliphatic rings. The summed E-state index contributed by atoms with van der Waals surface area (Å²) < 4.78 is 66.5. The van der Waals surface area contributed by atoms with Gasteiger partial charge in [-0.05, 0) is 42.8 Å². The van der Waals surface area contributed by atoms with E-state index >= 15 is 0 Å². The van der Waals surface area contributed by atoms with Crippen LogP contribution in [0.1, 0.15) is 15.9 Å². The summed E-state index contributed by atoms with van der Waals surface area (Å²) in [5.74, 6) is -3.32. The van der Waals surface area contributed by atoms with Crippen LogP contribution >= 0.6 is 0 Å². The first kappa shape index (κ1) is 19.4. The molecule has 0 N–H and O–H groups in total. The summed E-state index contributed by atoms with van der Waals surface area (Å²) in [7, 11) is -3.90. The number of benzene rings is 2. The average molecular weight is 398 g/mol. The first-order chi connectivity index (χ1) is 12.7. The van der Waals surface area contributed by atoms with Crippen molar-refractivity contribution in [3.05, 3.63) is 65.0 Å². The van der Waals surface area contributed by atoms with Crippen molar-refractivity contribution >= 4 is 15.9 Å². The maximum atomic E-state index is 13.5. The number of nitrogens with zero attached hydrogens (tertiary/aromatic N) is 2. The largest absolute Gasteiger partial charge is 0.336 e. The zero-order valence-electron chi connectivity index (χ0n) is 14.5. The molecule has 0 spiro atoms. The van der Waals surface area contributed by atoms with Gasteiger partial charge in [-0.15, -0.1) is 0 Å². The second-order valence-corrected chi connectivity index (χ2v) is 8.14. The first-order valence-corrected chi connectivity index (χ1v) is 9.65. The lowest BCUT2D eigenvalue weighted by Crippen LogP contribution is -2.50. The molecule has 9 heteroatoms. The molecule has 27 heavy (non-hydrogen) atoms. The minimum absolute atomic E-state index is 0.00816. The third-order valence-electron chi connectivity index (χ3n) is 4.46. The highest BCUT2D eigenvalue weighted by atomic mass is 32.2. The van der Waals surface area contributed by atoms with Crippen LogP contribution in [0.3, 0.4) is 0 Å². The molecule has 0 atom stereocenters. The average Bonchev–Trinajstić information content (AvgIpc) is 2.65. The first-order valence-electron chi connectivity index (χ1n) is 8.21. The van der Waals surface area contributed by atoms with Crippen LogP contribution in [-0.4, -0.2) is 49.7 Å². The summed E-state index contributed by atoms with van der Waals surface area (Å²) >= 11 is 0. The van der Waals surface area contributed by atoms with Crippen molar-refractivity contribution < 1.29 is 26.4 Å². The van der Waals surface area contributed by atoms with E-state index in [9.17, 15) is 26.4 Å². The molecule has 0 radical (unpaired) electrons. The fourth-order valence-electron chi connectivity index (χ4n) is 2.93. The predicted molar refractivity (Wildman–Crippen MR) is 92.2 cm³/mol. The molecule has 2 aromatic rings. The number of amides is 1. The Morgan fingerprint density at radius 2 is 1.59 bits per heavy atom. The molecule has 1 heterocycles. The molecule has 0 aromatic heterocycles. The lowest BCUT2D eigenvalue weighted by atomic mass is 10.1. The van der Waals surface area contributed by atoms with Gasteiger partial charge in [-0.3, -0.25) is 4.79 Å².